The van der Waals surface area contributed by atoms with Crippen molar-refractivity contribution in [1.29, 1.82) is 5.26 Å². The minimum atomic E-state index is -0.752. The van der Waals surface area contributed by atoms with Crippen LogP contribution in [-0.4, -0.2) is 23.0 Å². The third kappa shape index (κ3) is 3.17. The fourth-order valence-electron chi connectivity index (χ4n) is 2.76. The number of nitrogens with one attached hydrogen (secondary N) is 1. The van der Waals surface area contributed by atoms with E-state index < -0.39 is 5.92 Å². The number of benzene rings is 1. The van der Waals surface area contributed by atoms with Crippen LogP contribution in [0.2, 0.25) is 0 Å². The number of nitrogens with zero attached hydrogens (tertiary/aromatic N) is 2. The topological polar surface area (TPSA) is 56.1 Å². The van der Waals surface area contributed by atoms with Gasteiger partial charge in [-0.1, -0.05) is 36.8 Å². The van der Waals surface area contributed by atoms with Crippen molar-refractivity contribution in [2.24, 2.45) is 0 Å². The van der Waals surface area contributed by atoms with Gasteiger partial charge in [-0.3, -0.25) is 10.2 Å². The molecule has 2 rings (SSSR count). The van der Waals surface area contributed by atoms with Gasteiger partial charge in [-0.2, -0.15) is 5.26 Å². The summed E-state index contributed by atoms with van der Waals surface area (Å²) in [5.41, 5.74) is 3.68. The van der Waals surface area contributed by atoms with Gasteiger partial charge >= 0.3 is 0 Å². The monoisotopic (exact) mass is 271 g/mol. The summed E-state index contributed by atoms with van der Waals surface area (Å²) in [6, 6.07) is 11.9. The second kappa shape index (κ2) is 6.53. The number of hydrazine groups is 1. The number of amides is 1. The third-order valence-electron chi connectivity index (χ3n) is 3.96. The lowest BCUT2D eigenvalue weighted by Crippen LogP contribution is -2.55. The Morgan fingerprint density at radius 2 is 1.90 bits per heavy atom. The Bertz CT molecular complexity index is 484. The number of rotatable bonds is 3. The largest absolute Gasteiger partial charge is 0.287 e. The number of carbonyl (C=O) groups excluding carboxylic acids is 1. The molecule has 4 nitrogen and oxygen atoms in total. The number of hydrogen-bond donors (Lipinski definition) is 1. The van der Waals surface area contributed by atoms with E-state index in [1.54, 1.807) is 0 Å². The molecule has 1 aromatic rings. The number of piperidine rings is 1. The van der Waals surface area contributed by atoms with E-state index in [0.717, 1.165) is 18.4 Å². The van der Waals surface area contributed by atoms with Gasteiger partial charge in [-0.05, 0) is 32.3 Å². The zero-order chi connectivity index (χ0) is 14.5. The van der Waals surface area contributed by atoms with Crippen LogP contribution >= 0.6 is 0 Å². The van der Waals surface area contributed by atoms with Crippen molar-refractivity contribution in [3.05, 3.63) is 35.9 Å². The van der Waals surface area contributed by atoms with Crippen molar-refractivity contribution in [3.8, 4) is 6.07 Å². The van der Waals surface area contributed by atoms with Gasteiger partial charge in [-0.25, -0.2) is 5.01 Å². The minimum Gasteiger partial charge on any atom is -0.287 e. The molecule has 106 valence electrons. The van der Waals surface area contributed by atoms with Gasteiger partial charge in [0.15, 0.2) is 5.92 Å². The molecule has 1 heterocycles. The maximum absolute atomic E-state index is 12.4. The summed E-state index contributed by atoms with van der Waals surface area (Å²) in [7, 11) is 0. The molecule has 0 radical (unpaired) electrons. The molecule has 3 unspecified atom stereocenters. The first kappa shape index (κ1) is 14.5. The third-order valence-corrected chi connectivity index (χ3v) is 3.96. The molecule has 4 heteroatoms. The smallest absolute Gasteiger partial charge is 0.256 e. The highest BCUT2D eigenvalue weighted by atomic mass is 16.2. The van der Waals surface area contributed by atoms with E-state index in [1.165, 1.54) is 6.42 Å². The first-order valence-electron chi connectivity index (χ1n) is 7.17. The molecular formula is C16H21N3O. The second-order valence-corrected chi connectivity index (χ2v) is 5.49. The molecule has 3 atom stereocenters. The molecule has 1 saturated heterocycles. The van der Waals surface area contributed by atoms with Gasteiger partial charge < -0.3 is 0 Å². The standard InChI is InChI=1S/C16H21N3O/c1-12-7-6-8-13(2)19(12)18-16(20)15(11-17)14-9-4-3-5-10-14/h3-5,9-10,12-13,15H,6-8H2,1-2H3,(H,18,20). The summed E-state index contributed by atoms with van der Waals surface area (Å²) in [5, 5.41) is 11.3. The van der Waals surface area contributed by atoms with Crippen LogP contribution in [0.3, 0.4) is 0 Å². The molecule has 1 aromatic carbocycles. The summed E-state index contributed by atoms with van der Waals surface area (Å²) < 4.78 is 0. The van der Waals surface area contributed by atoms with Gasteiger partial charge in [0.2, 0.25) is 0 Å². The highest BCUT2D eigenvalue weighted by molar-refractivity contribution is 5.86. The Hall–Kier alpha value is -1.86. The van der Waals surface area contributed by atoms with E-state index in [0.29, 0.717) is 12.1 Å². The predicted octanol–water partition coefficient (Wildman–Crippen LogP) is 2.59. The molecule has 0 aliphatic carbocycles. The fourth-order valence-corrected chi connectivity index (χ4v) is 2.76. The van der Waals surface area contributed by atoms with Crippen LogP contribution in [0.5, 0.6) is 0 Å². The molecule has 0 spiro atoms. The Balaban J connectivity index is 2.08. The number of carbonyl (C=O) groups is 1. The van der Waals surface area contributed by atoms with Gasteiger partial charge in [-0.15, -0.1) is 0 Å². The fraction of sp³-hybridized carbons (Fsp3) is 0.500. The molecule has 0 saturated carbocycles. The SMILES string of the molecule is CC1CCCC(C)N1NC(=O)C(C#N)c1ccccc1. The van der Waals surface area contributed by atoms with Gasteiger partial charge in [0.05, 0.1) is 6.07 Å². The van der Waals surface area contributed by atoms with Crippen LogP contribution < -0.4 is 5.43 Å². The lowest BCUT2D eigenvalue weighted by atomic mass is 9.98. The molecule has 0 bridgehead atoms. The summed E-state index contributed by atoms with van der Waals surface area (Å²) in [6.07, 6.45) is 3.34. The van der Waals surface area contributed by atoms with Crippen molar-refractivity contribution in [3.63, 3.8) is 0 Å². The molecule has 1 amide bonds. The van der Waals surface area contributed by atoms with Crippen LogP contribution in [0.25, 0.3) is 0 Å². The summed E-state index contributed by atoms with van der Waals surface area (Å²) in [5.74, 6) is -0.989. The van der Waals surface area contributed by atoms with Crippen LogP contribution in [0.1, 0.15) is 44.6 Å². The van der Waals surface area contributed by atoms with E-state index >= 15 is 0 Å². The molecule has 0 aromatic heterocycles. The summed E-state index contributed by atoms with van der Waals surface area (Å²) in [6.45, 7) is 4.22. The van der Waals surface area contributed by atoms with E-state index in [2.05, 4.69) is 25.3 Å². The van der Waals surface area contributed by atoms with Gasteiger partial charge in [0, 0.05) is 12.1 Å². The van der Waals surface area contributed by atoms with E-state index in [1.807, 2.05) is 35.3 Å². The summed E-state index contributed by atoms with van der Waals surface area (Å²) >= 11 is 0. The van der Waals surface area contributed by atoms with Crippen molar-refractivity contribution >= 4 is 5.91 Å². The average Bonchev–Trinajstić information content (AvgIpc) is 2.45. The van der Waals surface area contributed by atoms with E-state index in [4.69, 9.17) is 0 Å². The minimum absolute atomic E-state index is 0.237. The maximum atomic E-state index is 12.4. The lowest BCUT2D eigenvalue weighted by molar-refractivity contribution is -0.129. The maximum Gasteiger partial charge on any atom is 0.256 e. The zero-order valence-electron chi connectivity index (χ0n) is 12.0. The Morgan fingerprint density at radius 1 is 1.30 bits per heavy atom. The second-order valence-electron chi connectivity index (χ2n) is 5.49. The Labute approximate surface area is 120 Å². The molecular weight excluding hydrogens is 250 g/mol. The van der Waals surface area contributed by atoms with Crippen molar-refractivity contribution < 1.29 is 4.79 Å². The van der Waals surface area contributed by atoms with Crippen LogP contribution in [0, 0.1) is 11.3 Å². The summed E-state index contributed by atoms with van der Waals surface area (Å²) in [4.78, 5) is 12.4. The zero-order valence-corrected chi connectivity index (χ0v) is 12.0. The first-order chi connectivity index (χ1) is 9.63. The van der Waals surface area contributed by atoms with E-state index in [9.17, 15) is 10.1 Å². The van der Waals surface area contributed by atoms with Gasteiger partial charge in [0.1, 0.15) is 0 Å². The molecule has 1 aliphatic rings. The highest BCUT2D eigenvalue weighted by Gasteiger charge is 2.29. The van der Waals surface area contributed by atoms with Crippen LogP contribution in [0.15, 0.2) is 30.3 Å². The van der Waals surface area contributed by atoms with Crippen LogP contribution in [0.4, 0.5) is 0 Å². The molecule has 20 heavy (non-hydrogen) atoms. The van der Waals surface area contributed by atoms with Crippen molar-refractivity contribution in [2.75, 3.05) is 0 Å². The lowest BCUT2D eigenvalue weighted by Gasteiger charge is -2.39. The van der Waals surface area contributed by atoms with Crippen molar-refractivity contribution in [2.45, 2.75) is 51.1 Å². The number of hydrogen-bond acceptors (Lipinski definition) is 3. The molecule has 1 aliphatic heterocycles. The first-order valence-corrected chi connectivity index (χ1v) is 7.17. The quantitative estimate of drug-likeness (QED) is 0.919. The highest BCUT2D eigenvalue weighted by Crippen LogP contribution is 2.22. The molecule has 1 fully saturated rings. The Morgan fingerprint density at radius 3 is 2.45 bits per heavy atom. The van der Waals surface area contributed by atoms with Gasteiger partial charge in [0.25, 0.3) is 5.91 Å². The average molecular weight is 271 g/mol. The predicted molar refractivity (Wildman–Crippen MR) is 77.6 cm³/mol. The number of nitriles is 1. The normalized spacial score (nSPS) is 24.6. The molecule has 1 N–H and O–H groups in total. The van der Waals surface area contributed by atoms with Crippen molar-refractivity contribution in [1.82, 2.24) is 10.4 Å². The Kier molecular flexibility index (Phi) is 4.75. The van der Waals surface area contributed by atoms with E-state index in [-0.39, 0.29) is 5.91 Å². The van der Waals surface area contributed by atoms with Crippen LogP contribution in [-0.2, 0) is 4.79 Å².